The highest BCUT2D eigenvalue weighted by atomic mass is 79.9. The number of hydrogen-bond donors (Lipinski definition) is 1. The summed E-state index contributed by atoms with van der Waals surface area (Å²) >= 11 is 3.47. The molecule has 5 nitrogen and oxygen atoms in total. The van der Waals surface area contributed by atoms with Crippen molar-refractivity contribution >= 4 is 33.4 Å². The second-order valence-corrected chi connectivity index (χ2v) is 8.57. The van der Waals surface area contributed by atoms with Gasteiger partial charge in [0.2, 0.25) is 11.9 Å². The SMILES string of the molecule is O=C(Nc1nc2c(Br)cccn2n1)C12CC3CC(CC(C3)C1)C2. The Kier molecular flexibility index (Phi) is 2.90. The zero-order valence-corrected chi connectivity index (χ0v) is 14.4. The van der Waals surface area contributed by atoms with Crippen LogP contribution in [0.5, 0.6) is 0 Å². The molecule has 0 unspecified atom stereocenters. The van der Waals surface area contributed by atoms with E-state index in [1.54, 1.807) is 4.52 Å². The lowest BCUT2D eigenvalue weighted by Crippen LogP contribution is -2.51. The van der Waals surface area contributed by atoms with Crippen LogP contribution >= 0.6 is 15.9 Å². The van der Waals surface area contributed by atoms with Gasteiger partial charge in [-0.3, -0.25) is 10.1 Å². The highest BCUT2D eigenvalue weighted by Gasteiger charge is 2.54. The van der Waals surface area contributed by atoms with Gasteiger partial charge in [0.15, 0.2) is 5.65 Å². The lowest BCUT2D eigenvalue weighted by molar-refractivity contribution is -0.140. The molecule has 120 valence electrons. The molecule has 4 aliphatic rings. The van der Waals surface area contributed by atoms with Crippen molar-refractivity contribution in [3.05, 3.63) is 22.8 Å². The molecule has 0 atom stereocenters. The number of pyridine rings is 1. The number of aromatic nitrogens is 3. The van der Waals surface area contributed by atoms with E-state index >= 15 is 0 Å². The number of nitrogens with zero attached hydrogens (tertiary/aromatic N) is 3. The number of amides is 1. The summed E-state index contributed by atoms with van der Waals surface area (Å²) in [6, 6.07) is 3.82. The minimum absolute atomic E-state index is 0.142. The monoisotopic (exact) mass is 374 g/mol. The number of hydrogen-bond acceptors (Lipinski definition) is 3. The van der Waals surface area contributed by atoms with Gasteiger partial charge in [-0.1, -0.05) is 0 Å². The van der Waals surface area contributed by atoms with E-state index in [9.17, 15) is 4.79 Å². The van der Waals surface area contributed by atoms with Crippen molar-refractivity contribution in [3.8, 4) is 0 Å². The lowest BCUT2D eigenvalue weighted by Gasteiger charge is -2.55. The largest absolute Gasteiger partial charge is 0.293 e. The number of rotatable bonds is 2. The fourth-order valence-electron chi connectivity index (χ4n) is 5.55. The minimum atomic E-state index is -0.163. The molecule has 2 heterocycles. The van der Waals surface area contributed by atoms with Gasteiger partial charge in [-0.05, 0) is 84.3 Å². The molecular formula is C17H19BrN4O. The van der Waals surface area contributed by atoms with E-state index in [1.807, 2.05) is 18.3 Å². The molecule has 4 fully saturated rings. The standard InChI is InChI=1S/C17H19BrN4O/c18-13-2-1-3-22-14(13)19-16(21-22)20-15(23)17-7-10-4-11(8-17)6-12(5-10)9-17/h1-3,10-12H,4-9H2,(H,20,21,23). The van der Waals surface area contributed by atoms with E-state index in [4.69, 9.17) is 0 Å². The van der Waals surface area contributed by atoms with Crippen molar-refractivity contribution < 1.29 is 4.79 Å². The first-order valence-corrected chi connectivity index (χ1v) is 9.23. The average molecular weight is 375 g/mol. The number of fused-ring (bicyclic) bond motifs is 1. The third-order valence-electron chi connectivity index (χ3n) is 6.06. The molecule has 2 aromatic rings. The molecule has 4 saturated carbocycles. The quantitative estimate of drug-likeness (QED) is 0.872. The Morgan fingerprint density at radius 3 is 2.48 bits per heavy atom. The van der Waals surface area contributed by atoms with Crippen LogP contribution in [0.3, 0.4) is 0 Å². The molecule has 0 aliphatic heterocycles. The van der Waals surface area contributed by atoms with Crippen molar-refractivity contribution in [1.29, 1.82) is 0 Å². The molecule has 4 aliphatic carbocycles. The van der Waals surface area contributed by atoms with Gasteiger partial charge in [-0.2, -0.15) is 4.98 Å². The van der Waals surface area contributed by atoms with Crippen molar-refractivity contribution in [2.45, 2.75) is 38.5 Å². The maximum atomic E-state index is 13.0. The Bertz CT molecular complexity index is 764. The van der Waals surface area contributed by atoms with Gasteiger partial charge in [0, 0.05) is 6.20 Å². The number of halogens is 1. The van der Waals surface area contributed by atoms with E-state index < -0.39 is 0 Å². The molecule has 4 bridgehead atoms. The molecule has 6 rings (SSSR count). The number of carbonyl (C=O) groups excluding carboxylic acids is 1. The first kappa shape index (κ1) is 14.0. The van der Waals surface area contributed by atoms with E-state index in [2.05, 4.69) is 31.3 Å². The van der Waals surface area contributed by atoms with Crippen LogP contribution in [0.1, 0.15) is 38.5 Å². The van der Waals surface area contributed by atoms with Crippen LogP contribution in [-0.2, 0) is 4.79 Å². The van der Waals surface area contributed by atoms with Crippen LogP contribution in [0.15, 0.2) is 22.8 Å². The van der Waals surface area contributed by atoms with E-state index in [-0.39, 0.29) is 11.3 Å². The van der Waals surface area contributed by atoms with Crippen molar-refractivity contribution in [3.63, 3.8) is 0 Å². The minimum Gasteiger partial charge on any atom is -0.293 e. The maximum Gasteiger partial charge on any atom is 0.249 e. The second kappa shape index (κ2) is 4.79. The summed E-state index contributed by atoms with van der Waals surface area (Å²) in [4.78, 5) is 17.5. The van der Waals surface area contributed by atoms with Crippen LogP contribution in [-0.4, -0.2) is 20.5 Å². The zero-order valence-electron chi connectivity index (χ0n) is 12.8. The highest BCUT2D eigenvalue weighted by Crippen LogP contribution is 2.60. The van der Waals surface area contributed by atoms with Crippen LogP contribution in [0.4, 0.5) is 5.95 Å². The highest BCUT2D eigenvalue weighted by molar-refractivity contribution is 9.10. The molecule has 0 radical (unpaired) electrons. The van der Waals surface area contributed by atoms with E-state index in [0.29, 0.717) is 5.95 Å². The third-order valence-corrected chi connectivity index (χ3v) is 6.68. The summed E-state index contributed by atoms with van der Waals surface area (Å²) in [7, 11) is 0. The summed E-state index contributed by atoms with van der Waals surface area (Å²) in [5, 5.41) is 7.40. The van der Waals surface area contributed by atoms with Crippen LogP contribution in [0.25, 0.3) is 5.65 Å². The fraction of sp³-hybridized carbons (Fsp3) is 0.588. The van der Waals surface area contributed by atoms with Gasteiger partial charge < -0.3 is 0 Å². The van der Waals surface area contributed by atoms with Crippen LogP contribution in [0.2, 0.25) is 0 Å². The molecule has 0 aromatic carbocycles. The smallest absolute Gasteiger partial charge is 0.249 e. The molecule has 1 amide bonds. The number of carbonyl (C=O) groups is 1. The Morgan fingerprint density at radius 1 is 1.22 bits per heavy atom. The van der Waals surface area contributed by atoms with Crippen molar-refractivity contribution in [2.24, 2.45) is 23.2 Å². The first-order valence-electron chi connectivity index (χ1n) is 8.44. The van der Waals surface area contributed by atoms with E-state index in [1.165, 1.54) is 19.3 Å². The van der Waals surface area contributed by atoms with Gasteiger partial charge in [0.25, 0.3) is 0 Å². The van der Waals surface area contributed by atoms with Crippen molar-refractivity contribution in [1.82, 2.24) is 14.6 Å². The summed E-state index contributed by atoms with van der Waals surface area (Å²) in [5.74, 6) is 2.83. The predicted molar refractivity (Wildman–Crippen MR) is 89.9 cm³/mol. The molecule has 2 aromatic heterocycles. The summed E-state index contributed by atoms with van der Waals surface area (Å²) < 4.78 is 2.57. The van der Waals surface area contributed by atoms with Gasteiger partial charge in [-0.25, -0.2) is 4.52 Å². The summed E-state index contributed by atoms with van der Waals surface area (Å²) in [5.41, 5.74) is 0.567. The zero-order chi connectivity index (χ0) is 15.6. The molecule has 6 heteroatoms. The first-order chi connectivity index (χ1) is 11.1. The van der Waals surface area contributed by atoms with Crippen LogP contribution < -0.4 is 5.32 Å². The maximum absolute atomic E-state index is 13.0. The molecular weight excluding hydrogens is 356 g/mol. The van der Waals surface area contributed by atoms with E-state index in [0.717, 1.165) is 47.1 Å². The van der Waals surface area contributed by atoms with Crippen LogP contribution in [0, 0.1) is 23.2 Å². The predicted octanol–water partition coefficient (Wildman–Crippen LogP) is 3.65. The normalized spacial score (nSPS) is 34.9. The fourth-order valence-corrected chi connectivity index (χ4v) is 5.97. The lowest BCUT2D eigenvalue weighted by atomic mass is 9.49. The third kappa shape index (κ3) is 2.14. The molecule has 23 heavy (non-hydrogen) atoms. The molecule has 0 spiro atoms. The summed E-state index contributed by atoms with van der Waals surface area (Å²) in [6.45, 7) is 0. The van der Waals surface area contributed by atoms with Gasteiger partial charge >= 0.3 is 0 Å². The van der Waals surface area contributed by atoms with Gasteiger partial charge in [-0.15, -0.1) is 5.10 Å². The second-order valence-electron chi connectivity index (χ2n) is 7.71. The number of nitrogens with one attached hydrogen (secondary N) is 1. The topological polar surface area (TPSA) is 59.3 Å². The molecule has 0 saturated heterocycles. The average Bonchev–Trinajstić information content (AvgIpc) is 2.90. The van der Waals surface area contributed by atoms with Gasteiger partial charge in [0.1, 0.15) is 0 Å². The Morgan fingerprint density at radius 2 is 1.87 bits per heavy atom. The Labute approximate surface area is 143 Å². The number of anilines is 1. The Hall–Kier alpha value is -1.43. The van der Waals surface area contributed by atoms with Gasteiger partial charge in [0.05, 0.1) is 9.89 Å². The summed E-state index contributed by atoms with van der Waals surface area (Å²) in [6.07, 6.45) is 9.03. The van der Waals surface area contributed by atoms with Crippen molar-refractivity contribution in [2.75, 3.05) is 5.32 Å². The molecule has 1 N–H and O–H groups in total. The Balaban J connectivity index is 1.43.